The molecule has 2 rings (SSSR count). The van der Waals surface area contributed by atoms with Crippen molar-refractivity contribution in [3.63, 3.8) is 0 Å². The molecule has 0 radical (unpaired) electrons. The normalized spacial score (nSPS) is 11.2. The number of anilines is 1. The second-order valence-electron chi connectivity index (χ2n) is 5.71. The van der Waals surface area contributed by atoms with Gasteiger partial charge in [0.1, 0.15) is 0 Å². The van der Waals surface area contributed by atoms with Crippen LogP contribution in [0.25, 0.3) is 0 Å². The Morgan fingerprint density at radius 1 is 1.16 bits per heavy atom. The highest BCUT2D eigenvalue weighted by Gasteiger charge is 2.13. The van der Waals surface area contributed by atoms with Gasteiger partial charge in [-0.3, -0.25) is 4.79 Å². The first-order valence-electron chi connectivity index (χ1n) is 8.11. The molecule has 2 aromatic carbocycles. The van der Waals surface area contributed by atoms with Crippen molar-refractivity contribution in [2.45, 2.75) is 26.2 Å². The lowest BCUT2D eigenvalue weighted by molar-refractivity contribution is -0.119. The second-order valence-corrected chi connectivity index (χ2v) is 5.71. The number of benzene rings is 2. The van der Waals surface area contributed by atoms with Crippen molar-refractivity contribution in [1.82, 2.24) is 0 Å². The molecule has 1 atom stereocenters. The lowest BCUT2D eigenvalue weighted by atomic mass is 9.97. The van der Waals surface area contributed by atoms with Crippen molar-refractivity contribution < 1.29 is 14.3 Å². The number of ether oxygens (including phenoxy) is 1. The molecule has 1 N–H and O–H groups in total. The highest BCUT2D eigenvalue weighted by atomic mass is 16.5. The highest BCUT2D eigenvalue weighted by Crippen LogP contribution is 2.26. The molecule has 0 bridgehead atoms. The van der Waals surface area contributed by atoms with E-state index in [1.807, 2.05) is 30.3 Å². The zero-order chi connectivity index (χ0) is 18.2. The lowest BCUT2D eigenvalue weighted by Gasteiger charge is -2.15. The van der Waals surface area contributed by atoms with E-state index in [0.29, 0.717) is 17.0 Å². The smallest absolute Gasteiger partial charge is 0.338 e. The van der Waals surface area contributed by atoms with Crippen molar-refractivity contribution >= 4 is 17.6 Å². The first-order valence-corrected chi connectivity index (χ1v) is 8.11. The van der Waals surface area contributed by atoms with Crippen LogP contribution in [-0.2, 0) is 9.53 Å². The van der Waals surface area contributed by atoms with Crippen LogP contribution < -0.4 is 5.32 Å². The van der Waals surface area contributed by atoms with Crippen LogP contribution in [0, 0.1) is 11.3 Å². The summed E-state index contributed by atoms with van der Waals surface area (Å²) in [5, 5.41) is 11.5. The summed E-state index contributed by atoms with van der Waals surface area (Å²) in [6.45, 7) is 3.81. The van der Waals surface area contributed by atoms with E-state index < -0.39 is 11.9 Å². The van der Waals surface area contributed by atoms with Crippen LogP contribution in [0.4, 0.5) is 5.69 Å². The van der Waals surface area contributed by atoms with Gasteiger partial charge in [-0.05, 0) is 48.2 Å². The maximum atomic E-state index is 12.1. The summed E-state index contributed by atoms with van der Waals surface area (Å²) in [7, 11) is 0. The number of para-hydroxylation sites is 1. The van der Waals surface area contributed by atoms with Gasteiger partial charge in [0, 0.05) is 5.69 Å². The molecule has 0 aliphatic heterocycles. The number of hydrogen-bond acceptors (Lipinski definition) is 4. The molecule has 0 aliphatic rings. The summed E-state index contributed by atoms with van der Waals surface area (Å²) >= 11 is 0. The average Bonchev–Trinajstić information content (AvgIpc) is 2.66. The largest absolute Gasteiger partial charge is 0.452 e. The second kappa shape index (κ2) is 8.65. The molecule has 0 aromatic heterocycles. The summed E-state index contributed by atoms with van der Waals surface area (Å²) in [5.41, 5.74) is 2.54. The van der Waals surface area contributed by atoms with Crippen LogP contribution in [0.2, 0.25) is 0 Å². The number of nitrogens with one attached hydrogen (secondary N) is 1. The summed E-state index contributed by atoms with van der Waals surface area (Å²) in [4.78, 5) is 24.0. The number of carbonyl (C=O) groups excluding carboxylic acids is 2. The molecule has 0 spiro atoms. The van der Waals surface area contributed by atoms with E-state index in [1.54, 1.807) is 0 Å². The number of rotatable bonds is 6. The maximum Gasteiger partial charge on any atom is 0.338 e. The Morgan fingerprint density at radius 2 is 1.84 bits per heavy atom. The summed E-state index contributed by atoms with van der Waals surface area (Å²) in [5.74, 6) is -0.676. The molecule has 0 unspecified atom stereocenters. The van der Waals surface area contributed by atoms with Crippen LogP contribution in [0.5, 0.6) is 0 Å². The Balaban J connectivity index is 1.95. The zero-order valence-corrected chi connectivity index (χ0v) is 14.3. The molecule has 25 heavy (non-hydrogen) atoms. The van der Waals surface area contributed by atoms with Crippen LogP contribution in [0.1, 0.15) is 47.7 Å². The minimum atomic E-state index is -0.602. The van der Waals surface area contributed by atoms with Gasteiger partial charge in [-0.15, -0.1) is 0 Å². The van der Waals surface area contributed by atoms with E-state index in [1.165, 1.54) is 24.3 Å². The standard InChI is InChI=1S/C20H20N2O3/c1-3-14(2)17-6-4-5-7-18(17)22-19(23)13-25-20(24)16-10-8-15(12-21)9-11-16/h4-11,14H,3,13H2,1-2H3,(H,22,23)/t14-/m0/s1. The number of esters is 1. The first kappa shape index (κ1) is 18.2. The number of carbonyl (C=O) groups is 2. The molecule has 0 saturated carbocycles. The van der Waals surface area contributed by atoms with E-state index in [4.69, 9.17) is 10.00 Å². The first-order chi connectivity index (χ1) is 12.0. The van der Waals surface area contributed by atoms with E-state index in [2.05, 4.69) is 19.2 Å². The molecule has 1 amide bonds. The van der Waals surface area contributed by atoms with Crippen molar-refractivity contribution in [3.8, 4) is 6.07 Å². The lowest BCUT2D eigenvalue weighted by Crippen LogP contribution is -2.21. The molecule has 128 valence electrons. The Bertz CT molecular complexity index is 791. The fraction of sp³-hybridized carbons (Fsp3) is 0.250. The number of amides is 1. The van der Waals surface area contributed by atoms with Crippen molar-refractivity contribution in [3.05, 3.63) is 65.2 Å². The van der Waals surface area contributed by atoms with E-state index >= 15 is 0 Å². The molecule has 5 heteroatoms. The van der Waals surface area contributed by atoms with E-state index in [9.17, 15) is 9.59 Å². The average molecular weight is 336 g/mol. The maximum absolute atomic E-state index is 12.1. The van der Waals surface area contributed by atoms with Crippen LogP contribution >= 0.6 is 0 Å². The van der Waals surface area contributed by atoms with Gasteiger partial charge < -0.3 is 10.1 Å². The Kier molecular flexibility index (Phi) is 6.30. The summed E-state index contributed by atoms with van der Waals surface area (Å²) in [6, 6.07) is 15.6. The van der Waals surface area contributed by atoms with Crippen molar-refractivity contribution in [1.29, 1.82) is 5.26 Å². The van der Waals surface area contributed by atoms with Gasteiger partial charge in [-0.25, -0.2) is 4.79 Å². The molecule has 0 aliphatic carbocycles. The number of nitriles is 1. The topological polar surface area (TPSA) is 79.2 Å². The van der Waals surface area contributed by atoms with Gasteiger partial charge in [0.05, 0.1) is 17.2 Å². The molecule has 0 saturated heterocycles. The monoisotopic (exact) mass is 336 g/mol. The molecule has 2 aromatic rings. The van der Waals surface area contributed by atoms with Crippen molar-refractivity contribution in [2.75, 3.05) is 11.9 Å². The summed E-state index contributed by atoms with van der Waals surface area (Å²) < 4.78 is 5.03. The minimum Gasteiger partial charge on any atom is -0.452 e. The van der Waals surface area contributed by atoms with Gasteiger partial charge in [-0.2, -0.15) is 5.26 Å². The van der Waals surface area contributed by atoms with Crippen LogP contribution in [-0.4, -0.2) is 18.5 Å². The molecular formula is C20H20N2O3. The fourth-order valence-electron chi connectivity index (χ4n) is 2.34. The third-order valence-electron chi connectivity index (χ3n) is 3.96. The van der Waals surface area contributed by atoms with Crippen LogP contribution in [0.3, 0.4) is 0 Å². The van der Waals surface area contributed by atoms with E-state index in [-0.39, 0.29) is 6.61 Å². The number of nitrogens with zero attached hydrogens (tertiary/aromatic N) is 1. The van der Waals surface area contributed by atoms with Crippen LogP contribution in [0.15, 0.2) is 48.5 Å². The SMILES string of the molecule is CC[C@H](C)c1ccccc1NC(=O)COC(=O)c1ccc(C#N)cc1. The van der Waals surface area contributed by atoms with E-state index in [0.717, 1.165) is 17.7 Å². The zero-order valence-electron chi connectivity index (χ0n) is 14.3. The Labute approximate surface area is 147 Å². The summed E-state index contributed by atoms with van der Waals surface area (Å²) in [6.07, 6.45) is 0.959. The highest BCUT2D eigenvalue weighted by molar-refractivity contribution is 5.96. The minimum absolute atomic E-state index is 0.298. The third kappa shape index (κ3) is 4.92. The quantitative estimate of drug-likeness (QED) is 0.812. The van der Waals surface area contributed by atoms with Gasteiger partial charge in [0.25, 0.3) is 5.91 Å². The number of hydrogen-bond donors (Lipinski definition) is 1. The Morgan fingerprint density at radius 3 is 2.48 bits per heavy atom. The predicted molar refractivity (Wildman–Crippen MR) is 95.2 cm³/mol. The predicted octanol–water partition coefficient (Wildman–Crippen LogP) is 3.87. The van der Waals surface area contributed by atoms with Gasteiger partial charge in [0.15, 0.2) is 6.61 Å². The molecular weight excluding hydrogens is 316 g/mol. The van der Waals surface area contributed by atoms with Gasteiger partial charge in [-0.1, -0.05) is 32.0 Å². The Hall–Kier alpha value is -3.13. The third-order valence-corrected chi connectivity index (χ3v) is 3.96. The molecule has 0 heterocycles. The van der Waals surface area contributed by atoms with Gasteiger partial charge in [0.2, 0.25) is 0 Å². The molecule has 0 fully saturated rings. The fourth-order valence-corrected chi connectivity index (χ4v) is 2.34. The van der Waals surface area contributed by atoms with Gasteiger partial charge >= 0.3 is 5.97 Å². The molecule has 5 nitrogen and oxygen atoms in total. The van der Waals surface area contributed by atoms with Crippen molar-refractivity contribution in [2.24, 2.45) is 0 Å².